The van der Waals surface area contributed by atoms with Crippen LogP contribution in [0.5, 0.6) is 0 Å². The Morgan fingerprint density at radius 2 is 2.60 bits per heavy atom. The Hall–Kier alpha value is -0.560. The average Bonchev–Trinajstić information content (AvgIpc) is 2.34. The van der Waals surface area contributed by atoms with Crippen LogP contribution < -0.4 is 0 Å². The van der Waals surface area contributed by atoms with Crippen LogP contribution in [-0.2, 0) is 4.74 Å². The van der Waals surface area contributed by atoms with Crippen LogP contribution in [-0.4, -0.2) is 12.7 Å². The SMILES string of the molecule is C=CC(C)[C@@H]1OCC=C1C. The summed E-state index contributed by atoms with van der Waals surface area (Å²) in [5.41, 5.74) is 1.34. The van der Waals surface area contributed by atoms with Crippen LogP contribution in [0.1, 0.15) is 13.8 Å². The fourth-order valence-corrected chi connectivity index (χ4v) is 1.22. The van der Waals surface area contributed by atoms with E-state index in [0.717, 1.165) is 6.61 Å². The molecular weight excluding hydrogens is 124 g/mol. The van der Waals surface area contributed by atoms with Gasteiger partial charge in [0.1, 0.15) is 0 Å². The maximum Gasteiger partial charge on any atom is 0.0847 e. The minimum absolute atomic E-state index is 0.289. The largest absolute Gasteiger partial charge is 0.369 e. The molecule has 1 rings (SSSR count). The summed E-state index contributed by atoms with van der Waals surface area (Å²) in [6.07, 6.45) is 4.36. The lowest BCUT2D eigenvalue weighted by atomic mass is 10.00. The quantitative estimate of drug-likeness (QED) is 0.531. The fraction of sp³-hybridized carbons (Fsp3) is 0.556. The van der Waals surface area contributed by atoms with Crippen molar-refractivity contribution in [1.82, 2.24) is 0 Å². The van der Waals surface area contributed by atoms with Gasteiger partial charge in [-0.05, 0) is 12.5 Å². The Kier molecular flexibility index (Phi) is 2.28. The van der Waals surface area contributed by atoms with E-state index < -0.39 is 0 Å². The molecule has 1 heterocycles. The van der Waals surface area contributed by atoms with Gasteiger partial charge in [-0.25, -0.2) is 0 Å². The lowest BCUT2D eigenvalue weighted by Gasteiger charge is -2.16. The van der Waals surface area contributed by atoms with Crippen molar-refractivity contribution < 1.29 is 4.74 Å². The molecule has 1 heteroatoms. The molecule has 1 aliphatic heterocycles. The highest BCUT2D eigenvalue weighted by molar-refractivity contribution is 5.13. The van der Waals surface area contributed by atoms with Gasteiger partial charge < -0.3 is 4.74 Å². The maximum absolute atomic E-state index is 5.45. The van der Waals surface area contributed by atoms with Crippen LogP contribution in [0.3, 0.4) is 0 Å². The molecule has 0 bridgehead atoms. The molecule has 0 N–H and O–H groups in total. The van der Waals surface area contributed by atoms with E-state index in [2.05, 4.69) is 26.5 Å². The smallest absolute Gasteiger partial charge is 0.0847 e. The Morgan fingerprint density at radius 3 is 3.00 bits per heavy atom. The van der Waals surface area contributed by atoms with Crippen molar-refractivity contribution in [1.29, 1.82) is 0 Å². The lowest BCUT2D eigenvalue weighted by molar-refractivity contribution is 0.0960. The summed E-state index contributed by atoms with van der Waals surface area (Å²) in [4.78, 5) is 0. The van der Waals surface area contributed by atoms with E-state index in [-0.39, 0.29) is 6.10 Å². The molecule has 1 nitrogen and oxygen atoms in total. The third kappa shape index (κ3) is 1.29. The van der Waals surface area contributed by atoms with Gasteiger partial charge in [-0.3, -0.25) is 0 Å². The monoisotopic (exact) mass is 138 g/mol. The molecule has 0 radical (unpaired) electrons. The van der Waals surface area contributed by atoms with Crippen molar-refractivity contribution in [2.75, 3.05) is 6.61 Å². The van der Waals surface area contributed by atoms with Crippen molar-refractivity contribution in [3.63, 3.8) is 0 Å². The van der Waals surface area contributed by atoms with Crippen LogP contribution in [0.15, 0.2) is 24.3 Å². The fourth-order valence-electron chi connectivity index (χ4n) is 1.22. The highest BCUT2D eigenvalue weighted by Crippen LogP contribution is 2.21. The first-order chi connectivity index (χ1) is 4.75. The molecule has 1 unspecified atom stereocenters. The summed E-state index contributed by atoms with van der Waals surface area (Å²) in [7, 11) is 0. The normalized spacial score (nSPS) is 27.8. The van der Waals surface area contributed by atoms with Gasteiger partial charge in [0.05, 0.1) is 12.7 Å². The van der Waals surface area contributed by atoms with Gasteiger partial charge in [-0.1, -0.05) is 19.1 Å². The van der Waals surface area contributed by atoms with Gasteiger partial charge in [-0.15, -0.1) is 6.58 Å². The van der Waals surface area contributed by atoms with Gasteiger partial charge in [0.15, 0.2) is 0 Å². The van der Waals surface area contributed by atoms with E-state index in [1.807, 2.05) is 6.08 Å². The predicted octanol–water partition coefficient (Wildman–Crippen LogP) is 2.15. The van der Waals surface area contributed by atoms with Gasteiger partial charge in [0.25, 0.3) is 0 Å². The molecule has 2 atom stereocenters. The Labute approximate surface area is 62.4 Å². The second kappa shape index (κ2) is 3.02. The minimum Gasteiger partial charge on any atom is -0.369 e. The Morgan fingerprint density at radius 1 is 1.90 bits per heavy atom. The molecule has 0 aliphatic carbocycles. The number of hydrogen-bond acceptors (Lipinski definition) is 1. The zero-order valence-corrected chi connectivity index (χ0v) is 6.63. The van der Waals surface area contributed by atoms with E-state index in [9.17, 15) is 0 Å². The second-order valence-corrected chi connectivity index (χ2v) is 2.80. The van der Waals surface area contributed by atoms with E-state index in [0.29, 0.717) is 5.92 Å². The van der Waals surface area contributed by atoms with Gasteiger partial charge in [0, 0.05) is 5.92 Å². The van der Waals surface area contributed by atoms with Crippen molar-refractivity contribution in [3.05, 3.63) is 24.3 Å². The van der Waals surface area contributed by atoms with Gasteiger partial charge in [0.2, 0.25) is 0 Å². The van der Waals surface area contributed by atoms with Crippen molar-refractivity contribution in [2.24, 2.45) is 5.92 Å². The summed E-state index contributed by atoms with van der Waals surface area (Å²) >= 11 is 0. The molecule has 10 heavy (non-hydrogen) atoms. The maximum atomic E-state index is 5.45. The van der Waals surface area contributed by atoms with Crippen molar-refractivity contribution in [2.45, 2.75) is 20.0 Å². The Bertz CT molecular complexity index is 158. The highest BCUT2D eigenvalue weighted by atomic mass is 16.5. The third-order valence-electron chi connectivity index (χ3n) is 1.98. The molecular formula is C9H14O. The van der Waals surface area contributed by atoms with Crippen LogP contribution in [0.4, 0.5) is 0 Å². The van der Waals surface area contributed by atoms with Gasteiger partial charge >= 0.3 is 0 Å². The standard InChI is InChI=1S/C9H14O/c1-4-7(2)9-8(3)5-6-10-9/h4-5,7,9H,1,6H2,2-3H3/t7?,9-/m0/s1. The minimum atomic E-state index is 0.289. The number of ether oxygens (including phenoxy) is 1. The molecule has 0 aromatic heterocycles. The molecule has 0 fully saturated rings. The topological polar surface area (TPSA) is 9.23 Å². The molecule has 0 aromatic rings. The molecule has 0 saturated heterocycles. The van der Waals surface area contributed by atoms with Gasteiger partial charge in [-0.2, -0.15) is 0 Å². The zero-order valence-electron chi connectivity index (χ0n) is 6.63. The van der Waals surface area contributed by atoms with Crippen LogP contribution in [0.25, 0.3) is 0 Å². The summed E-state index contributed by atoms with van der Waals surface area (Å²) in [5.74, 6) is 0.443. The first kappa shape index (κ1) is 7.55. The number of hydrogen-bond donors (Lipinski definition) is 0. The second-order valence-electron chi connectivity index (χ2n) is 2.80. The predicted molar refractivity (Wildman–Crippen MR) is 42.9 cm³/mol. The van der Waals surface area contributed by atoms with Crippen LogP contribution >= 0.6 is 0 Å². The average molecular weight is 138 g/mol. The lowest BCUT2D eigenvalue weighted by Crippen LogP contribution is -2.16. The van der Waals surface area contributed by atoms with E-state index >= 15 is 0 Å². The summed E-state index contributed by atoms with van der Waals surface area (Å²) in [6, 6.07) is 0. The Balaban J connectivity index is 2.57. The molecule has 0 saturated carbocycles. The third-order valence-corrected chi connectivity index (χ3v) is 1.98. The van der Waals surface area contributed by atoms with E-state index in [1.54, 1.807) is 0 Å². The van der Waals surface area contributed by atoms with Crippen molar-refractivity contribution >= 4 is 0 Å². The van der Waals surface area contributed by atoms with Crippen LogP contribution in [0.2, 0.25) is 0 Å². The summed E-state index contributed by atoms with van der Waals surface area (Å²) < 4.78 is 5.45. The van der Waals surface area contributed by atoms with E-state index in [1.165, 1.54) is 5.57 Å². The first-order valence-electron chi connectivity index (χ1n) is 3.66. The first-order valence-corrected chi connectivity index (χ1v) is 3.66. The van der Waals surface area contributed by atoms with E-state index in [4.69, 9.17) is 4.74 Å². The molecule has 1 aliphatic rings. The van der Waals surface area contributed by atoms with Crippen LogP contribution in [0, 0.1) is 5.92 Å². The van der Waals surface area contributed by atoms with Crippen molar-refractivity contribution in [3.8, 4) is 0 Å². The zero-order chi connectivity index (χ0) is 7.56. The highest BCUT2D eigenvalue weighted by Gasteiger charge is 2.20. The molecule has 0 amide bonds. The number of rotatable bonds is 2. The molecule has 56 valence electrons. The molecule has 0 spiro atoms. The molecule has 0 aromatic carbocycles. The summed E-state index contributed by atoms with van der Waals surface area (Å²) in [6.45, 7) is 8.74. The summed E-state index contributed by atoms with van der Waals surface area (Å²) in [5, 5.41) is 0.